The van der Waals surface area contributed by atoms with Crippen LogP contribution in [0.1, 0.15) is 31.0 Å². The zero-order chi connectivity index (χ0) is 20.8. The van der Waals surface area contributed by atoms with Gasteiger partial charge in [-0.05, 0) is 36.6 Å². The van der Waals surface area contributed by atoms with Gasteiger partial charge in [-0.3, -0.25) is 14.2 Å². The molecule has 1 atom stereocenters. The van der Waals surface area contributed by atoms with Crippen LogP contribution in [0.2, 0.25) is 0 Å². The quantitative estimate of drug-likeness (QED) is 0.347. The number of hydrogen-bond acceptors (Lipinski definition) is 4. The summed E-state index contributed by atoms with van der Waals surface area (Å²) in [5.41, 5.74) is 2.84. The van der Waals surface area contributed by atoms with Gasteiger partial charge in [0.2, 0.25) is 5.91 Å². The van der Waals surface area contributed by atoms with Gasteiger partial charge in [-0.15, -0.1) is 6.58 Å². The third-order valence-electron chi connectivity index (χ3n) is 4.74. The summed E-state index contributed by atoms with van der Waals surface area (Å²) in [5.74, 6) is 0.0777. The minimum atomic E-state index is -0.122. The fraction of sp³-hybridized carbons (Fsp3) is 0.261. The molecule has 5 nitrogen and oxygen atoms in total. The molecule has 0 fully saturated rings. The van der Waals surface area contributed by atoms with Crippen molar-refractivity contribution < 1.29 is 4.79 Å². The maximum absolute atomic E-state index is 12.8. The number of nitrogens with one attached hydrogen (secondary N) is 1. The summed E-state index contributed by atoms with van der Waals surface area (Å²) in [6.45, 7) is 8.15. The van der Waals surface area contributed by atoms with Crippen molar-refractivity contribution in [2.45, 2.75) is 38.0 Å². The predicted octanol–water partition coefficient (Wildman–Crippen LogP) is 4.11. The van der Waals surface area contributed by atoms with E-state index in [4.69, 9.17) is 0 Å². The monoisotopic (exact) mass is 407 g/mol. The number of thioether (sulfide) groups is 1. The first-order valence-electron chi connectivity index (χ1n) is 9.65. The first kappa shape index (κ1) is 20.9. The molecule has 1 heterocycles. The standard InChI is InChI=1S/C23H25N3O2S/c1-4-14-26-22(28)19-8-6-7-9-20(19)25-23(26)29-15-21(27)24-16(3)18-12-10-17(5-2)11-13-18/h4,6-13,16H,1,5,14-15H2,2-3H3,(H,24,27)/t16-/m0/s1. The third-order valence-corrected chi connectivity index (χ3v) is 5.71. The van der Waals surface area contributed by atoms with Gasteiger partial charge in [-0.25, -0.2) is 4.98 Å². The Morgan fingerprint density at radius 2 is 1.97 bits per heavy atom. The summed E-state index contributed by atoms with van der Waals surface area (Å²) in [6.07, 6.45) is 2.65. The number of benzene rings is 2. The molecule has 0 bridgehead atoms. The number of amides is 1. The van der Waals surface area contributed by atoms with E-state index in [1.165, 1.54) is 17.3 Å². The van der Waals surface area contributed by atoms with Crippen LogP contribution < -0.4 is 10.9 Å². The Morgan fingerprint density at radius 3 is 2.66 bits per heavy atom. The number of nitrogens with zero attached hydrogens (tertiary/aromatic N) is 2. The molecule has 0 aliphatic carbocycles. The Kier molecular flexibility index (Phi) is 6.88. The minimum Gasteiger partial charge on any atom is -0.349 e. The van der Waals surface area contributed by atoms with Gasteiger partial charge >= 0.3 is 0 Å². The molecule has 1 aromatic heterocycles. The third kappa shape index (κ3) is 4.95. The van der Waals surface area contributed by atoms with Gasteiger partial charge in [0.25, 0.3) is 5.56 Å². The van der Waals surface area contributed by atoms with Crippen molar-refractivity contribution in [1.29, 1.82) is 0 Å². The lowest BCUT2D eigenvalue weighted by Crippen LogP contribution is -2.29. The topological polar surface area (TPSA) is 64.0 Å². The van der Waals surface area contributed by atoms with E-state index in [1.807, 2.05) is 31.2 Å². The SMILES string of the molecule is C=CCn1c(SCC(=O)N[C@@H](C)c2ccc(CC)cc2)nc2ccccc2c1=O. The van der Waals surface area contributed by atoms with E-state index in [0.717, 1.165) is 12.0 Å². The normalized spacial score (nSPS) is 11.9. The van der Waals surface area contributed by atoms with E-state index >= 15 is 0 Å². The number of para-hydroxylation sites is 1. The van der Waals surface area contributed by atoms with Gasteiger partial charge in [-0.2, -0.15) is 0 Å². The molecule has 1 amide bonds. The largest absolute Gasteiger partial charge is 0.349 e. The second-order valence-electron chi connectivity index (χ2n) is 6.79. The molecule has 150 valence electrons. The van der Waals surface area contributed by atoms with Crippen LogP contribution in [0.4, 0.5) is 0 Å². The molecule has 0 saturated heterocycles. The summed E-state index contributed by atoms with van der Waals surface area (Å²) in [6, 6.07) is 15.4. The van der Waals surface area contributed by atoms with Crippen molar-refractivity contribution in [2.24, 2.45) is 0 Å². The van der Waals surface area contributed by atoms with Crippen molar-refractivity contribution in [3.05, 3.63) is 82.7 Å². The van der Waals surface area contributed by atoms with Crippen LogP contribution in [-0.2, 0) is 17.8 Å². The van der Waals surface area contributed by atoms with E-state index in [1.54, 1.807) is 22.8 Å². The van der Waals surface area contributed by atoms with Crippen LogP contribution in [0.5, 0.6) is 0 Å². The Morgan fingerprint density at radius 1 is 1.24 bits per heavy atom. The van der Waals surface area contributed by atoms with Gasteiger partial charge in [0, 0.05) is 6.54 Å². The number of aromatic nitrogens is 2. The lowest BCUT2D eigenvalue weighted by Gasteiger charge is -2.15. The number of hydrogen-bond donors (Lipinski definition) is 1. The van der Waals surface area contributed by atoms with Crippen molar-refractivity contribution in [1.82, 2.24) is 14.9 Å². The second kappa shape index (κ2) is 9.56. The van der Waals surface area contributed by atoms with Gasteiger partial charge in [0.05, 0.1) is 22.7 Å². The average Bonchev–Trinajstić information content (AvgIpc) is 2.74. The van der Waals surface area contributed by atoms with Crippen molar-refractivity contribution in [2.75, 3.05) is 5.75 Å². The lowest BCUT2D eigenvalue weighted by atomic mass is 10.1. The molecule has 1 N–H and O–H groups in total. The highest BCUT2D eigenvalue weighted by molar-refractivity contribution is 7.99. The van der Waals surface area contributed by atoms with Crippen LogP contribution >= 0.6 is 11.8 Å². The van der Waals surface area contributed by atoms with Crippen LogP contribution in [-0.4, -0.2) is 21.2 Å². The summed E-state index contributed by atoms with van der Waals surface area (Å²) in [4.78, 5) is 29.8. The van der Waals surface area contributed by atoms with Crippen molar-refractivity contribution in [3.63, 3.8) is 0 Å². The average molecular weight is 408 g/mol. The molecule has 0 aliphatic rings. The Balaban J connectivity index is 1.72. The second-order valence-corrected chi connectivity index (χ2v) is 7.73. The molecule has 29 heavy (non-hydrogen) atoms. The first-order valence-corrected chi connectivity index (χ1v) is 10.6. The Bertz CT molecular complexity index is 1070. The van der Waals surface area contributed by atoms with Crippen molar-refractivity contribution >= 4 is 28.6 Å². The van der Waals surface area contributed by atoms with Gasteiger partial charge in [0.15, 0.2) is 5.16 Å². The van der Waals surface area contributed by atoms with E-state index in [-0.39, 0.29) is 23.3 Å². The summed E-state index contributed by atoms with van der Waals surface area (Å²) in [7, 11) is 0. The number of carbonyl (C=O) groups is 1. The molecule has 6 heteroatoms. The van der Waals surface area contributed by atoms with Crippen LogP contribution in [0, 0.1) is 0 Å². The molecular weight excluding hydrogens is 382 g/mol. The first-order chi connectivity index (χ1) is 14.0. The van der Waals surface area contributed by atoms with Crippen LogP contribution in [0.25, 0.3) is 10.9 Å². The fourth-order valence-electron chi connectivity index (χ4n) is 3.09. The highest BCUT2D eigenvalue weighted by Gasteiger charge is 2.14. The number of rotatable bonds is 8. The summed E-state index contributed by atoms with van der Waals surface area (Å²) >= 11 is 1.26. The molecule has 0 unspecified atom stereocenters. The zero-order valence-corrected chi connectivity index (χ0v) is 17.5. The molecule has 0 saturated carbocycles. The number of aryl methyl sites for hydroxylation is 1. The van der Waals surface area contributed by atoms with E-state index < -0.39 is 0 Å². The molecule has 3 rings (SSSR count). The van der Waals surface area contributed by atoms with E-state index in [0.29, 0.717) is 22.6 Å². The van der Waals surface area contributed by atoms with E-state index in [9.17, 15) is 9.59 Å². The van der Waals surface area contributed by atoms with Gasteiger partial charge < -0.3 is 5.32 Å². The predicted molar refractivity (Wildman–Crippen MR) is 119 cm³/mol. The highest BCUT2D eigenvalue weighted by Crippen LogP contribution is 2.19. The fourth-order valence-corrected chi connectivity index (χ4v) is 3.91. The number of carbonyl (C=O) groups excluding carboxylic acids is 1. The zero-order valence-electron chi connectivity index (χ0n) is 16.7. The molecule has 3 aromatic rings. The highest BCUT2D eigenvalue weighted by atomic mass is 32.2. The minimum absolute atomic E-state index is 0.0889. The van der Waals surface area contributed by atoms with Crippen molar-refractivity contribution in [3.8, 4) is 0 Å². The van der Waals surface area contributed by atoms with E-state index in [2.05, 4.69) is 35.9 Å². The number of fused-ring (bicyclic) bond motifs is 1. The van der Waals surface area contributed by atoms with Crippen LogP contribution in [0.15, 0.2) is 71.1 Å². The molecular formula is C23H25N3O2S. The number of allylic oxidation sites excluding steroid dienone is 1. The molecule has 0 aliphatic heterocycles. The Hall–Kier alpha value is -2.86. The lowest BCUT2D eigenvalue weighted by molar-refractivity contribution is -0.119. The van der Waals surface area contributed by atoms with Crippen LogP contribution in [0.3, 0.4) is 0 Å². The molecule has 0 spiro atoms. The molecule has 0 radical (unpaired) electrons. The Labute approximate surface area is 174 Å². The maximum atomic E-state index is 12.8. The van der Waals surface area contributed by atoms with Gasteiger partial charge in [-0.1, -0.05) is 61.2 Å². The molecule has 2 aromatic carbocycles. The maximum Gasteiger partial charge on any atom is 0.262 e. The smallest absolute Gasteiger partial charge is 0.262 e. The summed E-state index contributed by atoms with van der Waals surface area (Å²) in [5, 5.41) is 4.09. The van der Waals surface area contributed by atoms with Gasteiger partial charge in [0.1, 0.15) is 0 Å². The summed E-state index contributed by atoms with van der Waals surface area (Å²) < 4.78 is 1.56.